The third kappa shape index (κ3) is 3.45. The lowest BCUT2D eigenvalue weighted by molar-refractivity contribution is 0.558. The molecule has 0 bridgehead atoms. The van der Waals surface area contributed by atoms with E-state index in [-0.39, 0.29) is 22.3 Å². The molecular formula is C17H18BrN5O4S. The van der Waals surface area contributed by atoms with Crippen LogP contribution in [0.4, 0.5) is 0 Å². The highest BCUT2D eigenvalue weighted by Crippen LogP contribution is 2.36. The van der Waals surface area contributed by atoms with Gasteiger partial charge < -0.3 is 4.98 Å². The maximum Gasteiger partial charge on any atom is 0.329 e. The van der Waals surface area contributed by atoms with Gasteiger partial charge in [0, 0.05) is 28.8 Å². The zero-order valence-corrected chi connectivity index (χ0v) is 17.6. The number of aryl methyl sites for hydroxylation is 1. The highest BCUT2D eigenvalue weighted by atomic mass is 79.9. The van der Waals surface area contributed by atoms with Crippen molar-refractivity contribution in [3.8, 4) is 0 Å². The van der Waals surface area contributed by atoms with Gasteiger partial charge >= 0.3 is 5.69 Å². The molecule has 148 valence electrons. The minimum absolute atomic E-state index is 0.0305. The Hall–Kier alpha value is -2.24. The standard InChI is InChI=1S/C17H18BrN5O4S/c1-17(3-4-17)21-28(26,27)11-5-12-14(13(18)6-11)20-16(25)23(15(12)24)9-10-7-19-22(2)8-10/h5-8,21H,3-4,9H2,1-2H3,(H,20,25). The Balaban J connectivity index is 1.86. The SMILES string of the molecule is Cn1cc(Cn2c(=O)[nH]c3c(Br)cc(S(=O)(=O)NC4(C)CC4)cc3c2=O)cn1. The number of aromatic amines is 1. The van der Waals surface area contributed by atoms with Gasteiger partial charge in [-0.3, -0.25) is 14.0 Å². The molecule has 28 heavy (non-hydrogen) atoms. The van der Waals surface area contributed by atoms with Crippen molar-refractivity contribution < 1.29 is 8.42 Å². The van der Waals surface area contributed by atoms with E-state index in [1.165, 1.54) is 12.1 Å². The van der Waals surface area contributed by atoms with Gasteiger partial charge in [0.2, 0.25) is 10.0 Å². The van der Waals surface area contributed by atoms with Crippen LogP contribution in [0, 0.1) is 0 Å². The summed E-state index contributed by atoms with van der Waals surface area (Å²) in [7, 11) is -2.06. The molecule has 0 aliphatic heterocycles. The zero-order valence-electron chi connectivity index (χ0n) is 15.2. The zero-order chi connectivity index (χ0) is 20.3. The molecule has 1 saturated carbocycles. The first-order chi connectivity index (χ1) is 13.1. The molecule has 0 radical (unpaired) electrons. The molecule has 1 fully saturated rings. The normalized spacial score (nSPS) is 15.8. The molecule has 4 rings (SSSR count). The first kappa shape index (κ1) is 19.1. The van der Waals surface area contributed by atoms with Crippen molar-refractivity contribution in [2.45, 2.75) is 36.7 Å². The minimum Gasteiger partial charge on any atom is -0.306 e. The number of aromatic nitrogens is 4. The van der Waals surface area contributed by atoms with Gasteiger partial charge in [-0.15, -0.1) is 0 Å². The van der Waals surface area contributed by atoms with Crippen molar-refractivity contribution in [2.75, 3.05) is 0 Å². The van der Waals surface area contributed by atoms with Gasteiger partial charge in [0.05, 0.1) is 28.5 Å². The van der Waals surface area contributed by atoms with Gasteiger partial charge in [-0.25, -0.2) is 17.9 Å². The van der Waals surface area contributed by atoms with E-state index in [9.17, 15) is 18.0 Å². The number of nitrogens with zero attached hydrogens (tertiary/aromatic N) is 3. The van der Waals surface area contributed by atoms with Crippen LogP contribution in [0.2, 0.25) is 0 Å². The summed E-state index contributed by atoms with van der Waals surface area (Å²) in [5.41, 5.74) is -0.653. The molecular weight excluding hydrogens is 450 g/mol. The Kier molecular flexibility index (Phi) is 4.36. The van der Waals surface area contributed by atoms with Gasteiger partial charge in [-0.05, 0) is 47.8 Å². The van der Waals surface area contributed by atoms with Crippen LogP contribution >= 0.6 is 15.9 Å². The molecule has 0 atom stereocenters. The van der Waals surface area contributed by atoms with Crippen molar-refractivity contribution in [1.29, 1.82) is 0 Å². The van der Waals surface area contributed by atoms with Crippen LogP contribution < -0.4 is 16.0 Å². The molecule has 0 spiro atoms. The molecule has 3 aromatic rings. The van der Waals surface area contributed by atoms with Gasteiger partial charge in [-0.2, -0.15) is 5.10 Å². The second kappa shape index (κ2) is 6.39. The maximum absolute atomic E-state index is 13.0. The van der Waals surface area contributed by atoms with Crippen molar-refractivity contribution in [1.82, 2.24) is 24.1 Å². The van der Waals surface area contributed by atoms with Crippen LogP contribution in [0.5, 0.6) is 0 Å². The third-order valence-corrected chi connectivity index (χ3v) is 7.05. The fraction of sp³-hybridized carbons (Fsp3) is 0.353. The number of sulfonamides is 1. The molecule has 1 aliphatic carbocycles. The summed E-state index contributed by atoms with van der Waals surface area (Å²) in [4.78, 5) is 28.0. The summed E-state index contributed by atoms with van der Waals surface area (Å²) < 4.78 is 31.0. The number of fused-ring (bicyclic) bond motifs is 1. The Morgan fingerprint density at radius 2 is 2.04 bits per heavy atom. The van der Waals surface area contributed by atoms with E-state index in [4.69, 9.17) is 0 Å². The Morgan fingerprint density at radius 1 is 1.32 bits per heavy atom. The maximum atomic E-state index is 13.0. The summed E-state index contributed by atoms with van der Waals surface area (Å²) in [6, 6.07) is 2.68. The monoisotopic (exact) mass is 467 g/mol. The highest BCUT2D eigenvalue weighted by molar-refractivity contribution is 9.10. The predicted octanol–water partition coefficient (Wildman–Crippen LogP) is 1.06. The summed E-state index contributed by atoms with van der Waals surface area (Å²) >= 11 is 3.27. The summed E-state index contributed by atoms with van der Waals surface area (Å²) in [5, 5.41) is 4.14. The Bertz CT molecular complexity index is 1320. The number of hydrogen-bond acceptors (Lipinski definition) is 5. The Morgan fingerprint density at radius 3 is 2.64 bits per heavy atom. The Labute approximate surface area is 168 Å². The number of halogens is 1. The van der Waals surface area contributed by atoms with Crippen LogP contribution in [0.15, 0.2) is 43.5 Å². The lowest BCUT2D eigenvalue weighted by atomic mass is 10.2. The van der Waals surface area contributed by atoms with Crippen molar-refractivity contribution >= 4 is 36.9 Å². The first-order valence-electron chi connectivity index (χ1n) is 8.56. The molecule has 2 aromatic heterocycles. The topological polar surface area (TPSA) is 119 Å². The van der Waals surface area contributed by atoms with Gasteiger partial charge in [-0.1, -0.05) is 0 Å². The van der Waals surface area contributed by atoms with Crippen LogP contribution in [0.25, 0.3) is 10.9 Å². The largest absolute Gasteiger partial charge is 0.329 e. The third-order valence-electron chi connectivity index (χ3n) is 4.81. The lowest BCUT2D eigenvalue weighted by Crippen LogP contribution is -2.36. The minimum atomic E-state index is -3.80. The van der Waals surface area contributed by atoms with Gasteiger partial charge in [0.15, 0.2) is 0 Å². The quantitative estimate of drug-likeness (QED) is 0.581. The second-order valence-electron chi connectivity index (χ2n) is 7.34. The average molecular weight is 468 g/mol. The number of rotatable bonds is 5. The van der Waals surface area contributed by atoms with Gasteiger partial charge in [0.1, 0.15) is 0 Å². The van der Waals surface area contributed by atoms with Crippen LogP contribution in [0.1, 0.15) is 25.3 Å². The number of H-pyrrole nitrogens is 1. The molecule has 0 amide bonds. The average Bonchev–Trinajstić information content (AvgIpc) is 3.17. The molecule has 11 heteroatoms. The van der Waals surface area contributed by atoms with E-state index in [2.05, 4.69) is 30.7 Å². The smallest absolute Gasteiger partial charge is 0.306 e. The van der Waals surface area contributed by atoms with E-state index >= 15 is 0 Å². The number of nitrogens with one attached hydrogen (secondary N) is 2. The van der Waals surface area contributed by atoms with Crippen molar-refractivity contribution in [2.24, 2.45) is 7.05 Å². The van der Waals surface area contributed by atoms with E-state index in [1.807, 2.05) is 6.92 Å². The molecule has 1 aliphatic rings. The van der Waals surface area contributed by atoms with Crippen LogP contribution in [-0.4, -0.2) is 33.3 Å². The van der Waals surface area contributed by atoms with Crippen LogP contribution in [0.3, 0.4) is 0 Å². The van der Waals surface area contributed by atoms with E-state index < -0.39 is 26.8 Å². The van der Waals surface area contributed by atoms with E-state index in [0.29, 0.717) is 10.0 Å². The molecule has 2 N–H and O–H groups in total. The first-order valence-corrected chi connectivity index (χ1v) is 10.8. The summed E-state index contributed by atoms with van der Waals surface area (Å²) in [6.45, 7) is 1.86. The molecule has 1 aromatic carbocycles. The predicted molar refractivity (Wildman–Crippen MR) is 107 cm³/mol. The van der Waals surface area contributed by atoms with Crippen LogP contribution in [-0.2, 0) is 23.6 Å². The lowest BCUT2D eigenvalue weighted by Gasteiger charge is -2.13. The highest BCUT2D eigenvalue weighted by Gasteiger charge is 2.41. The fourth-order valence-electron chi connectivity index (χ4n) is 3.00. The van der Waals surface area contributed by atoms with Crippen molar-refractivity contribution in [3.63, 3.8) is 0 Å². The number of hydrogen-bond donors (Lipinski definition) is 2. The fourth-order valence-corrected chi connectivity index (χ4v) is 5.22. The number of benzene rings is 1. The second-order valence-corrected chi connectivity index (χ2v) is 9.87. The molecule has 0 saturated heterocycles. The molecule has 9 nitrogen and oxygen atoms in total. The van der Waals surface area contributed by atoms with E-state index in [1.54, 1.807) is 24.1 Å². The van der Waals surface area contributed by atoms with Crippen molar-refractivity contribution in [3.05, 3.63) is 55.4 Å². The van der Waals surface area contributed by atoms with E-state index in [0.717, 1.165) is 17.4 Å². The molecule has 2 heterocycles. The summed E-state index contributed by atoms with van der Waals surface area (Å²) in [5.74, 6) is 0. The van der Waals surface area contributed by atoms with Gasteiger partial charge in [0.25, 0.3) is 5.56 Å². The molecule has 0 unspecified atom stereocenters. The summed E-state index contributed by atoms with van der Waals surface area (Å²) in [6.07, 6.45) is 4.80.